The Kier molecular flexibility index (Phi) is 6.33. The Labute approximate surface area is 139 Å². The van der Waals surface area contributed by atoms with Gasteiger partial charge in [-0.1, -0.05) is 25.5 Å². The lowest BCUT2D eigenvalue weighted by atomic mass is 10.1. The quantitative estimate of drug-likeness (QED) is 0.687. The second-order valence-corrected chi connectivity index (χ2v) is 5.92. The summed E-state index contributed by atoms with van der Waals surface area (Å²) in [7, 11) is 1.68. The fourth-order valence-electron chi connectivity index (χ4n) is 2.55. The Morgan fingerprint density at radius 3 is 2.35 bits per heavy atom. The van der Waals surface area contributed by atoms with Gasteiger partial charge in [0.25, 0.3) is 0 Å². The first-order chi connectivity index (χ1) is 11.1. The van der Waals surface area contributed by atoms with Gasteiger partial charge in [0.2, 0.25) is 0 Å². The van der Waals surface area contributed by atoms with Crippen molar-refractivity contribution in [3.8, 4) is 11.5 Å². The van der Waals surface area contributed by atoms with Crippen molar-refractivity contribution in [3.63, 3.8) is 0 Å². The van der Waals surface area contributed by atoms with Crippen LogP contribution in [0.3, 0.4) is 0 Å². The summed E-state index contributed by atoms with van der Waals surface area (Å²) in [5, 5.41) is 3.47. The van der Waals surface area contributed by atoms with Crippen molar-refractivity contribution in [1.82, 2.24) is 0 Å². The van der Waals surface area contributed by atoms with E-state index in [2.05, 4.69) is 50.4 Å². The molecule has 0 atom stereocenters. The normalized spacial score (nSPS) is 10.4. The summed E-state index contributed by atoms with van der Waals surface area (Å²) in [6.07, 6.45) is 2.18. The van der Waals surface area contributed by atoms with Crippen molar-refractivity contribution < 1.29 is 9.47 Å². The first-order valence-corrected chi connectivity index (χ1v) is 8.24. The van der Waals surface area contributed by atoms with E-state index in [9.17, 15) is 0 Å². The van der Waals surface area contributed by atoms with E-state index in [4.69, 9.17) is 9.47 Å². The maximum Gasteiger partial charge on any atom is 0.161 e. The molecule has 2 rings (SSSR count). The summed E-state index contributed by atoms with van der Waals surface area (Å²) >= 11 is 0. The molecule has 0 saturated carbocycles. The average Bonchev–Trinajstić information content (AvgIpc) is 2.53. The minimum atomic E-state index is 0.729. The van der Waals surface area contributed by atoms with Crippen LogP contribution in [0.4, 0.5) is 5.69 Å². The number of aryl methyl sites for hydroxylation is 2. The third kappa shape index (κ3) is 5.20. The van der Waals surface area contributed by atoms with Gasteiger partial charge in [0, 0.05) is 12.2 Å². The number of rotatable bonds is 8. The summed E-state index contributed by atoms with van der Waals surface area (Å²) in [6, 6.07) is 12.6. The Morgan fingerprint density at radius 2 is 1.70 bits per heavy atom. The molecule has 0 aromatic heterocycles. The van der Waals surface area contributed by atoms with Crippen molar-refractivity contribution in [2.24, 2.45) is 0 Å². The van der Waals surface area contributed by atoms with Gasteiger partial charge < -0.3 is 14.8 Å². The van der Waals surface area contributed by atoms with Crippen molar-refractivity contribution in [2.75, 3.05) is 19.0 Å². The fraction of sp³-hybridized carbons (Fsp3) is 0.400. The van der Waals surface area contributed by atoms with Gasteiger partial charge in [0.1, 0.15) is 0 Å². The molecule has 0 saturated heterocycles. The number of nitrogens with one attached hydrogen (secondary N) is 1. The van der Waals surface area contributed by atoms with Crippen molar-refractivity contribution >= 4 is 5.69 Å². The summed E-state index contributed by atoms with van der Waals surface area (Å²) in [4.78, 5) is 0. The molecule has 0 heterocycles. The molecular formula is C20H27NO2. The topological polar surface area (TPSA) is 30.5 Å². The second kappa shape index (κ2) is 8.47. The minimum absolute atomic E-state index is 0.729. The number of hydrogen-bond acceptors (Lipinski definition) is 3. The lowest BCUT2D eigenvalue weighted by Gasteiger charge is -2.13. The SMILES string of the molecule is CCCCOc1ccc(CNc2cc(C)cc(C)c2)cc1OC. The highest BCUT2D eigenvalue weighted by Gasteiger charge is 2.06. The maximum absolute atomic E-state index is 5.77. The lowest BCUT2D eigenvalue weighted by molar-refractivity contribution is 0.288. The molecule has 0 fully saturated rings. The van der Waals surface area contributed by atoms with Gasteiger partial charge in [-0.3, -0.25) is 0 Å². The molecule has 0 aliphatic rings. The van der Waals surface area contributed by atoms with Gasteiger partial charge >= 0.3 is 0 Å². The maximum atomic E-state index is 5.77. The largest absolute Gasteiger partial charge is 0.493 e. The van der Waals surface area contributed by atoms with E-state index in [0.29, 0.717) is 0 Å². The highest BCUT2D eigenvalue weighted by atomic mass is 16.5. The van der Waals surface area contributed by atoms with Crippen molar-refractivity contribution in [1.29, 1.82) is 0 Å². The molecular weight excluding hydrogens is 286 g/mol. The summed E-state index contributed by atoms with van der Waals surface area (Å²) < 4.78 is 11.2. The molecule has 124 valence electrons. The highest BCUT2D eigenvalue weighted by molar-refractivity contribution is 5.50. The third-order valence-corrected chi connectivity index (χ3v) is 3.70. The van der Waals surface area contributed by atoms with Crippen LogP contribution in [0.1, 0.15) is 36.5 Å². The van der Waals surface area contributed by atoms with Crippen LogP contribution in [0.25, 0.3) is 0 Å². The monoisotopic (exact) mass is 313 g/mol. The molecule has 0 aliphatic carbocycles. The lowest BCUT2D eigenvalue weighted by Crippen LogP contribution is -2.02. The van der Waals surface area contributed by atoms with E-state index in [1.807, 2.05) is 12.1 Å². The molecule has 0 unspecified atom stereocenters. The zero-order valence-electron chi connectivity index (χ0n) is 14.6. The molecule has 0 amide bonds. The molecule has 2 aromatic rings. The standard InChI is InChI=1S/C20H27NO2/c1-5-6-9-23-19-8-7-17(13-20(19)22-4)14-21-18-11-15(2)10-16(3)12-18/h7-8,10-13,21H,5-6,9,14H2,1-4H3. The van der Waals surface area contributed by atoms with Crippen LogP contribution in [0, 0.1) is 13.8 Å². The van der Waals surface area contributed by atoms with Gasteiger partial charge in [-0.25, -0.2) is 0 Å². The van der Waals surface area contributed by atoms with Crippen molar-refractivity contribution in [3.05, 3.63) is 53.1 Å². The predicted octanol–water partition coefficient (Wildman–Crippen LogP) is 5.10. The smallest absolute Gasteiger partial charge is 0.161 e. The molecule has 23 heavy (non-hydrogen) atoms. The molecule has 2 aromatic carbocycles. The summed E-state index contributed by atoms with van der Waals surface area (Å²) in [5.41, 5.74) is 4.85. The zero-order chi connectivity index (χ0) is 16.7. The van der Waals surface area contributed by atoms with E-state index in [1.54, 1.807) is 7.11 Å². The first-order valence-electron chi connectivity index (χ1n) is 8.24. The van der Waals surface area contributed by atoms with E-state index in [-0.39, 0.29) is 0 Å². The van der Waals surface area contributed by atoms with Crippen LogP contribution in [-0.2, 0) is 6.54 Å². The van der Waals surface area contributed by atoms with E-state index >= 15 is 0 Å². The number of ether oxygens (including phenoxy) is 2. The van der Waals surface area contributed by atoms with Crippen LogP contribution in [-0.4, -0.2) is 13.7 Å². The van der Waals surface area contributed by atoms with Crippen molar-refractivity contribution in [2.45, 2.75) is 40.2 Å². The first kappa shape index (κ1) is 17.2. The number of methoxy groups -OCH3 is 1. The molecule has 0 radical (unpaired) electrons. The van der Waals surface area contributed by atoms with E-state index < -0.39 is 0 Å². The van der Waals surface area contributed by atoms with Crippen LogP contribution < -0.4 is 14.8 Å². The van der Waals surface area contributed by atoms with Crippen LogP contribution in [0.5, 0.6) is 11.5 Å². The number of hydrogen-bond donors (Lipinski definition) is 1. The molecule has 0 aliphatic heterocycles. The fourth-order valence-corrected chi connectivity index (χ4v) is 2.55. The second-order valence-electron chi connectivity index (χ2n) is 5.92. The van der Waals surface area contributed by atoms with Gasteiger partial charge in [0.05, 0.1) is 13.7 Å². The Balaban J connectivity index is 2.02. The Morgan fingerprint density at radius 1 is 0.957 bits per heavy atom. The van der Waals surface area contributed by atoms with Crippen LogP contribution >= 0.6 is 0 Å². The molecule has 0 spiro atoms. The van der Waals surface area contributed by atoms with Gasteiger partial charge in [-0.05, 0) is 61.2 Å². The Hall–Kier alpha value is -2.16. The van der Waals surface area contributed by atoms with E-state index in [1.165, 1.54) is 16.7 Å². The van der Waals surface area contributed by atoms with Crippen LogP contribution in [0.2, 0.25) is 0 Å². The average molecular weight is 313 g/mol. The van der Waals surface area contributed by atoms with Gasteiger partial charge in [0.15, 0.2) is 11.5 Å². The highest BCUT2D eigenvalue weighted by Crippen LogP contribution is 2.28. The molecule has 0 bridgehead atoms. The number of benzene rings is 2. The minimum Gasteiger partial charge on any atom is -0.493 e. The predicted molar refractivity (Wildman–Crippen MR) is 96.6 cm³/mol. The van der Waals surface area contributed by atoms with Gasteiger partial charge in [-0.15, -0.1) is 0 Å². The molecule has 1 N–H and O–H groups in total. The van der Waals surface area contributed by atoms with Crippen LogP contribution in [0.15, 0.2) is 36.4 Å². The Bertz CT molecular complexity index is 617. The number of unbranched alkanes of at least 4 members (excludes halogenated alkanes) is 1. The summed E-state index contributed by atoms with van der Waals surface area (Å²) in [5.74, 6) is 1.61. The van der Waals surface area contributed by atoms with E-state index in [0.717, 1.165) is 43.2 Å². The molecule has 3 nitrogen and oxygen atoms in total. The molecule has 3 heteroatoms. The zero-order valence-corrected chi connectivity index (χ0v) is 14.6. The van der Waals surface area contributed by atoms with Gasteiger partial charge in [-0.2, -0.15) is 0 Å². The summed E-state index contributed by atoms with van der Waals surface area (Å²) in [6.45, 7) is 7.87. The third-order valence-electron chi connectivity index (χ3n) is 3.70. The number of anilines is 1.